The first-order valence-corrected chi connectivity index (χ1v) is 8.32. The highest BCUT2D eigenvalue weighted by Gasteiger charge is 2.19. The van der Waals surface area contributed by atoms with Crippen LogP contribution in [0.5, 0.6) is 17.2 Å². The molecule has 138 valence electrons. The van der Waals surface area contributed by atoms with Gasteiger partial charge in [-0.15, -0.1) is 0 Å². The molecule has 0 atom stereocenters. The van der Waals surface area contributed by atoms with Crippen molar-refractivity contribution in [2.75, 3.05) is 21.3 Å². The maximum atomic E-state index is 12.0. The van der Waals surface area contributed by atoms with Crippen molar-refractivity contribution in [3.8, 4) is 17.2 Å². The van der Waals surface area contributed by atoms with Crippen LogP contribution in [0.2, 0.25) is 0 Å². The van der Waals surface area contributed by atoms with Gasteiger partial charge < -0.3 is 19.3 Å². The Morgan fingerprint density at radius 2 is 1.52 bits per heavy atom. The molecule has 0 spiro atoms. The van der Waals surface area contributed by atoms with E-state index in [2.05, 4.69) is 0 Å². The Morgan fingerprint density at radius 1 is 0.889 bits per heavy atom. The monoisotopic (exact) mass is 364 g/mol. The topological polar surface area (TPSA) is 65.0 Å². The van der Waals surface area contributed by atoms with E-state index in [9.17, 15) is 9.90 Å². The first-order valence-electron chi connectivity index (χ1n) is 8.32. The Kier molecular flexibility index (Phi) is 5.31. The zero-order valence-corrected chi connectivity index (χ0v) is 15.4. The highest BCUT2D eigenvalue weighted by Crippen LogP contribution is 2.40. The SMILES string of the molecule is COc1cc(/C(=C\c2cccc3ccccc23)C(=O)O)cc(OC)c1OC. The smallest absolute Gasteiger partial charge is 0.336 e. The molecule has 0 aliphatic carbocycles. The normalized spacial score (nSPS) is 11.3. The van der Waals surface area contributed by atoms with Crippen LogP contribution in [0.15, 0.2) is 54.6 Å². The summed E-state index contributed by atoms with van der Waals surface area (Å²) in [6.07, 6.45) is 1.66. The van der Waals surface area contributed by atoms with Crippen molar-refractivity contribution >= 4 is 28.4 Å². The maximum absolute atomic E-state index is 12.0. The molecule has 0 saturated heterocycles. The molecule has 3 rings (SSSR count). The Hall–Kier alpha value is -3.47. The Bertz CT molecular complexity index is 990. The molecule has 0 unspecified atom stereocenters. The fourth-order valence-electron chi connectivity index (χ4n) is 3.04. The van der Waals surface area contributed by atoms with Crippen LogP contribution in [0.4, 0.5) is 0 Å². The number of fused-ring (bicyclic) bond motifs is 1. The molecule has 3 aromatic carbocycles. The van der Waals surface area contributed by atoms with Crippen LogP contribution < -0.4 is 14.2 Å². The summed E-state index contributed by atoms with van der Waals surface area (Å²) in [5.41, 5.74) is 1.41. The quantitative estimate of drug-likeness (QED) is 0.516. The van der Waals surface area contributed by atoms with E-state index in [-0.39, 0.29) is 5.57 Å². The second-order valence-corrected chi connectivity index (χ2v) is 5.85. The lowest BCUT2D eigenvalue weighted by atomic mass is 9.98. The first kappa shape index (κ1) is 18.3. The zero-order chi connectivity index (χ0) is 19.4. The molecule has 0 bridgehead atoms. The molecular weight excluding hydrogens is 344 g/mol. The molecule has 0 radical (unpaired) electrons. The number of ether oxygens (including phenoxy) is 3. The fraction of sp³-hybridized carbons (Fsp3) is 0.136. The average molecular weight is 364 g/mol. The van der Waals surface area contributed by atoms with Crippen LogP contribution in [0, 0.1) is 0 Å². The predicted octanol–water partition coefficient (Wildman–Crippen LogP) is 4.49. The third-order valence-electron chi connectivity index (χ3n) is 4.33. The van der Waals surface area contributed by atoms with Gasteiger partial charge in [0.05, 0.1) is 26.9 Å². The largest absolute Gasteiger partial charge is 0.493 e. The summed E-state index contributed by atoms with van der Waals surface area (Å²) < 4.78 is 16.0. The fourth-order valence-corrected chi connectivity index (χ4v) is 3.04. The lowest BCUT2D eigenvalue weighted by molar-refractivity contribution is -0.130. The number of carbonyl (C=O) groups is 1. The summed E-state index contributed by atoms with van der Waals surface area (Å²) in [7, 11) is 4.50. The van der Waals surface area contributed by atoms with Gasteiger partial charge in [-0.1, -0.05) is 42.5 Å². The summed E-state index contributed by atoms with van der Waals surface area (Å²) in [6.45, 7) is 0. The van der Waals surface area contributed by atoms with E-state index in [0.29, 0.717) is 22.8 Å². The highest BCUT2D eigenvalue weighted by atomic mass is 16.5. The molecule has 5 heteroatoms. The van der Waals surface area contributed by atoms with Gasteiger partial charge in [-0.25, -0.2) is 4.79 Å². The van der Waals surface area contributed by atoms with Crippen molar-refractivity contribution in [1.29, 1.82) is 0 Å². The summed E-state index contributed by atoms with van der Waals surface area (Å²) in [4.78, 5) is 12.0. The third-order valence-corrected chi connectivity index (χ3v) is 4.33. The van der Waals surface area contributed by atoms with E-state index in [1.165, 1.54) is 21.3 Å². The van der Waals surface area contributed by atoms with E-state index >= 15 is 0 Å². The summed E-state index contributed by atoms with van der Waals surface area (Å²) in [6, 6.07) is 16.9. The standard InChI is InChI=1S/C22H20O5/c1-25-19-12-16(13-20(26-2)21(19)27-3)18(22(23)24)11-15-9-6-8-14-7-4-5-10-17(14)15/h4-13H,1-3H3,(H,23,24)/b18-11+. The van der Waals surface area contributed by atoms with E-state index < -0.39 is 5.97 Å². The van der Waals surface area contributed by atoms with Crippen LogP contribution in [0.25, 0.3) is 22.4 Å². The van der Waals surface area contributed by atoms with E-state index in [0.717, 1.165) is 16.3 Å². The van der Waals surface area contributed by atoms with Gasteiger partial charge in [-0.05, 0) is 40.1 Å². The molecule has 0 saturated carbocycles. The number of carboxylic acids is 1. The van der Waals surface area contributed by atoms with Crippen LogP contribution in [-0.2, 0) is 4.79 Å². The molecule has 0 heterocycles. The van der Waals surface area contributed by atoms with Crippen molar-refractivity contribution in [2.24, 2.45) is 0 Å². The lowest BCUT2D eigenvalue weighted by Gasteiger charge is -2.14. The van der Waals surface area contributed by atoms with E-state index in [1.807, 2.05) is 42.5 Å². The van der Waals surface area contributed by atoms with Crippen molar-refractivity contribution in [1.82, 2.24) is 0 Å². The Morgan fingerprint density at radius 3 is 2.11 bits per heavy atom. The molecule has 27 heavy (non-hydrogen) atoms. The van der Waals surface area contributed by atoms with Gasteiger partial charge in [0.1, 0.15) is 0 Å². The van der Waals surface area contributed by atoms with Gasteiger partial charge in [0.15, 0.2) is 11.5 Å². The molecule has 0 fully saturated rings. The molecule has 0 amide bonds. The Balaban J connectivity index is 2.22. The van der Waals surface area contributed by atoms with Gasteiger partial charge >= 0.3 is 5.97 Å². The number of carboxylic acid groups (broad SMARTS) is 1. The second-order valence-electron chi connectivity index (χ2n) is 5.85. The molecule has 5 nitrogen and oxygen atoms in total. The molecule has 0 aliphatic heterocycles. The van der Waals surface area contributed by atoms with Crippen molar-refractivity contribution < 1.29 is 24.1 Å². The number of rotatable bonds is 6. The predicted molar refractivity (Wildman–Crippen MR) is 106 cm³/mol. The van der Waals surface area contributed by atoms with E-state index in [1.54, 1.807) is 18.2 Å². The van der Waals surface area contributed by atoms with Gasteiger partial charge in [-0.3, -0.25) is 0 Å². The summed E-state index contributed by atoms with van der Waals surface area (Å²) >= 11 is 0. The lowest BCUT2D eigenvalue weighted by Crippen LogP contribution is -2.02. The molecule has 0 aromatic heterocycles. The minimum atomic E-state index is -1.04. The minimum absolute atomic E-state index is 0.130. The number of benzene rings is 3. The van der Waals surface area contributed by atoms with E-state index in [4.69, 9.17) is 14.2 Å². The number of aliphatic carboxylic acids is 1. The summed E-state index contributed by atoms with van der Waals surface area (Å²) in [5, 5.41) is 11.9. The average Bonchev–Trinajstić information content (AvgIpc) is 2.70. The number of hydrogen-bond acceptors (Lipinski definition) is 4. The number of methoxy groups -OCH3 is 3. The van der Waals surface area contributed by atoms with Crippen LogP contribution >= 0.6 is 0 Å². The number of hydrogen-bond donors (Lipinski definition) is 1. The Labute approximate surface area is 157 Å². The van der Waals surface area contributed by atoms with Gasteiger partial charge in [0, 0.05) is 0 Å². The molecule has 0 aliphatic rings. The zero-order valence-electron chi connectivity index (χ0n) is 15.4. The minimum Gasteiger partial charge on any atom is -0.493 e. The second kappa shape index (κ2) is 7.83. The molecule has 1 N–H and O–H groups in total. The van der Waals surface area contributed by atoms with Crippen LogP contribution in [0.1, 0.15) is 11.1 Å². The van der Waals surface area contributed by atoms with Crippen molar-refractivity contribution in [2.45, 2.75) is 0 Å². The van der Waals surface area contributed by atoms with Crippen molar-refractivity contribution in [3.63, 3.8) is 0 Å². The molecular formula is C22H20O5. The maximum Gasteiger partial charge on any atom is 0.336 e. The van der Waals surface area contributed by atoms with Gasteiger partial charge in [0.25, 0.3) is 0 Å². The summed E-state index contributed by atoms with van der Waals surface area (Å²) in [5.74, 6) is 0.171. The third kappa shape index (κ3) is 3.58. The van der Waals surface area contributed by atoms with Gasteiger partial charge in [0.2, 0.25) is 5.75 Å². The van der Waals surface area contributed by atoms with Crippen LogP contribution in [-0.4, -0.2) is 32.4 Å². The highest BCUT2D eigenvalue weighted by molar-refractivity contribution is 6.21. The molecule has 3 aromatic rings. The van der Waals surface area contributed by atoms with Crippen LogP contribution in [0.3, 0.4) is 0 Å². The first-order chi connectivity index (χ1) is 13.1. The van der Waals surface area contributed by atoms with Gasteiger partial charge in [-0.2, -0.15) is 0 Å². The van der Waals surface area contributed by atoms with Crippen molar-refractivity contribution in [3.05, 3.63) is 65.7 Å².